The minimum absolute atomic E-state index is 0.0298. The monoisotopic (exact) mass is 393 g/mol. The van der Waals surface area contributed by atoms with Crippen LogP contribution in [-0.4, -0.2) is 23.6 Å². The van der Waals surface area contributed by atoms with Crippen molar-refractivity contribution < 1.29 is 4.92 Å². The number of aryl methyl sites for hydroxylation is 1. The summed E-state index contributed by atoms with van der Waals surface area (Å²) in [6.45, 7) is 0.221. The van der Waals surface area contributed by atoms with Crippen molar-refractivity contribution in [2.24, 2.45) is 14.1 Å². The fraction of sp³-hybridized carbons (Fsp3) is 0.214. The summed E-state index contributed by atoms with van der Waals surface area (Å²) in [5.74, 6) is 0. The number of fused-ring (bicyclic) bond motifs is 1. The Balaban J connectivity index is 2.23. The van der Waals surface area contributed by atoms with Crippen molar-refractivity contribution in [1.29, 1.82) is 0 Å². The van der Waals surface area contributed by atoms with Gasteiger partial charge in [0.25, 0.3) is 11.2 Å². The highest BCUT2D eigenvalue weighted by atomic mass is 79.9. The molecule has 0 aliphatic heterocycles. The largest absolute Gasteiger partial charge is 0.332 e. The number of rotatable bonds is 3. The first-order chi connectivity index (χ1) is 11.3. The Kier molecular flexibility index (Phi) is 3.84. The molecule has 0 fully saturated rings. The highest BCUT2D eigenvalue weighted by Crippen LogP contribution is 2.20. The van der Waals surface area contributed by atoms with Crippen LogP contribution in [-0.2, 0) is 20.6 Å². The molecule has 2 aromatic heterocycles. The number of nitro benzene ring substituents is 1. The quantitative estimate of drug-likeness (QED) is 0.377. The second-order valence-corrected chi connectivity index (χ2v) is 5.98. The third-order valence-corrected chi connectivity index (χ3v) is 4.36. The maximum Gasteiger partial charge on any atom is 0.332 e. The summed E-state index contributed by atoms with van der Waals surface area (Å²) >= 11 is 3.29. The summed E-state index contributed by atoms with van der Waals surface area (Å²) < 4.78 is 4.30. The van der Waals surface area contributed by atoms with Crippen LogP contribution in [0.1, 0.15) is 5.56 Å². The van der Waals surface area contributed by atoms with Gasteiger partial charge >= 0.3 is 5.69 Å². The van der Waals surface area contributed by atoms with Gasteiger partial charge in [-0.3, -0.25) is 28.6 Å². The molecule has 0 unspecified atom stereocenters. The van der Waals surface area contributed by atoms with E-state index in [-0.39, 0.29) is 17.7 Å². The van der Waals surface area contributed by atoms with Gasteiger partial charge in [-0.05, 0) is 21.5 Å². The second kappa shape index (κ2) is 5.71. The van der Waals surface area contributed by atoms with Crippen molar-refractivity contribution in [3.05, 3.63) is 65.5 Å². The third-order valence-electron chi connectivity index (χ3n) is 3.76. The second-order valence-electron chi connectivity index (χ2n) is 5.27. The molecule has 0 amide bonds. The van der Waals surface area contributed by atoms with Crippen molar-refractivity contribution in [1.82, 2.24) is 18.7 Å². The Labute approximate surface area is 143 Å². The molecule has 0 N–H and O–H groups in total. The predicted molar refractivity (Wildman–Crippen MR) is 90.1 cm³/mol. The van der Waals surface area contributed by atoms with Crippen LogP contribution >= 0.6 is 15.9 Å². The first-order valence-electron chi connectivity index (χ1n) is 6.86. The van der Waals surface area contributed by atoms with Gasteiger partial charge in [-0.1, -0.05) is 12.1 Å². The van der Waals surface area contributed by atoms with Crippen molar-refractivity contribution in [3.63, 3.8) is 0 Å². The van der Waals surface area contributed by atoms with E-state index < -0.39 is 16.2 Å². The van der Waals surface area contributed by atoms with Gasteiger partial charge in [0.15, 0.2) is 15.9 Å². The van der Waals surface area contributed by atoms with Crippen LogP contribution in [0.15, 0.2) is 38.6 Å². The van der Waals surface area contributed by atoms with E-state index in [1.165, 1.54) is 23.7 Å². The summed E-state index contributed by atoms with van der Waals surface area (Å²) in [6.07, 6.45) is 0. The topological polar surface area (TPSA) is 105 Å². The lowest BCUT2D eigenvalue weighted by Crippen LogP contribution is -2.37. The SMILES string of the molecule is Cn1c(=O)c2nc(Br)n(Cc3cccc([N+](=O)[O-])c3)c2n(C)c1=O. The number of nitro groups is 1. The molecule has 3 rings (SSSR count). The number of benzene rings is 1. The van der Waals surface area contributed by atoms with Crippen LogP contribution < -0.4 is 11.2 Å². The van der Waals surface area contributed by atoms with Gasteiger partial charge in [0.05, 0.1) is 11.5 Å². The highest BCUT2D eigenvalue weighted by molar-refractivity contribution is 9.10. The number of aromatic nitrogens is 4. The molecule has 9 nitrogen and oxygen atoms in total. The first kappa shape index (κ1) is 16.1. The number of imidazole rings is 1. The lowest BCUT2D eigenvalue weighted by Gasteiger charge is -2.09. The fourth-order valence-corrected chi connectivity index (χ4v) is 3.02. The van der Waals surface area contributed by atoms with E-state index in [1.807, 2.05) is 0 Å². The summed E-state index contributed by atoms with van der Waals surface area (Å²) in [6, 6.07) is 6.15. The van der Waals surface area contributed by atoms with Crippen LogP contribution in [0.2, 0.25) is 0 Å². The molecular formula is C14H12BrN5O4. The van der Waals surface area contributed by atoms with Gasteiger partial charge in [-0.25, -0.2) is 9.78 Å². The van der Waals surface area contributed by atoms with Crippen molar-refractivity contribution in [2.75, 3.05) is 0 Å². The molecule has 0 aliphatic rings. The Morgan fingerprint density at radius 2 is 1.96 bits per heavy atom. The van der Waals surface area contributed by atoms with Gasteiger partial charge in [0.2, 0.25) is 0 Å². The number of non-ortho nitro benzene ring substituents is 1. The summed E-state index contributed by atoms with van der Waals surface area (Å²) in [7, 11) is 2.93. The van der Waals surface area contributed by atoms with E-state index >= 15 is 0 Å². The molecule has 0 radical (unpaired) electrons. The molecule has 3 aromatic rings. The van der Waals surface area contributed by atoms with Crippen LogP contribution in [0, 0.1) is 10.1 Å². The van der Waals surface area contributed by atoms with Crippen LogP contribution in [0.5, 0.6) is 0 Å². The van der Waals surface area contributed by atoms with Crippen LogP contribution in [0.3, 0.4) is 0 Å². The Morgan fingerprint density at radius 1 is 1.25 bits per heavy atom. The van der Waals surface area contributed by atoms with E-state index in [1.54, 1.807) is 23.7 Å². The minimum atomic E-state index is -0.494. The van der Waals surface area contributed by atoms with E-state index in [2.05, 4.69) is 20.9 Å². The predicted octanol–water partition coefficient (Wildman–Crippen LogP) is 1.15. The Morgan fingerprint density at radius 3 is 2.62 bits per heavy atom. The molecule has 24 heavy (non-hydrogen) atoms. The summed E-state index contributed by atoms with van der Waals surface area (Å²) in [5, 5.41) is 10.9. The van der Waals surface area contributed by atoms with E-state index in [9.17, 15) is 19.7 Å². The molecule has 124 valence electrons. The van der Waals surface area contributed by atoms with E-state index in [0.29, 0.717) is 15.9 Å². The fourth-order valence-electron chi connectivity index (χ4n) is 2.55. The van der Waals surface area contributed by atoms with Crippen LogP contribution in [0.25, 0.3) is 11.2 Å². The van der Waals surface area contributed by atoms with Gasteiger partial charge in [-0.2, -0.15) is 0 Å². The van der Waals surface area contributed by atoms with Crippen molar-refractivity contribution in [3.8, 4) is 0 Å². The molecule has 0 aliphatic carbocycles. The average molecular weight is 394 g/mol. The van der Waals surface area contributed by atoms with Crippen LogP contribution in [0.4, 0.5) is 5.69 Å². The smallest absolute Gasteiger partial charge is 0.300 e. The normalized spacial score (nSPS) is 11.1. The summed E-state index contributed by atoms with van der Waals surface area (Å²) in [4.78, 5) is 39.0. The molecule has 0 spiro atoms. The maximum atomic E-state index is 12.2. The highest BCUT2D eigenvalue weighted by Gasteiger charge is 2.18. The Hall–Kier alpha value is -2.75. The number of halogens is 1. The maximum absolute atomic E-state index is 12.2. The number of hydrogen-bond donors (Lipinski definition) is 0. The molecule has 0 saturated heterocycles. The number of hydrogen-bond acceptors (Lipinski definition) is 5. The third kappa shape index (κ3) is 2.44. The number of nitrogens with zero attached hydrogens (tertiary/aromatic N) is 5. The zero-order valence-corrected chi connectivity index (χ0v) is 14.3. The molecule has 2 heterocycles. The van der Waals surface area contributed by atoms with E-state index in [0.717, 1.165) is 4.57 Å². The average Bonchev–Trinajstić information content (AvgIpc) is 2.88. The zero-order valence-electron chi connectivity index (χ0n) is 12.8. The summed E-state index contributed by atoms with van der Waals surface area (Å²) in [5.41, 5.74) is 0.153. The molecule has 1 aromatic carbocycles. The molecule has 0 atom stereocenters. The molecular weight excluding hydrogens is 382 g/mol. The first-order valence-corrected chi connectivity index (χ1v) is 7.65. The van der Waals surface area contributed by atoms with E-state index in [4.69, 9.17) is 0 Å². The van der Waals surface area contributed by atoms with Crippen molar-refractivity contribution >= 4 is 32.8 Å². The molecule has 0 bridgehead atoms. The zero-order chi connectivity index (χ0) is 17.6. The van der Waals surface area contributed by atoms with Gasteiger partial charge in [0.1, 0.15) is 0 Å². The minimum Gasteiger partial charge on any atom is -0.300 e. The Bertz CT molecular complexity index is 1090. The lowest BCUT2D eigenvalue weighted by molar-refractivity contribution is -0.384. The standard InChI is InChI=1S/C14H12BrN5O4/c1-17-11-10(12(21)18(2)14(17)22)16-13(15)19(11)7-8-4-3-5-9(6-8)20(23)24/h3-6H,7H2,1-2H3. The van der Waals surface area contributed by atoms with Gasteiger partial charge in [-0.15, -0.1) is 0 Å². The van der Waals surface area contributed by atoms with Gasteiger partial charge in [0, 0.05) is 26.2 Å². The molecule has 0 saturated carbocycles. The lowest BCUT2D eigenvalue weighted by atomic mass is 10.2. The van der Waals surface area contributed by atoms with Gasteiger partial charge < -0.3 is 0 Å². The molecule has 10 heteroatoms. The van der Waals surface area contributed by atoms with Crippen molar-refractivity contribution in [2.45, 2.75) is 6.54 Å².